The molecule has 0 aliphatic rings. The molecule has 2 heteroatoms. The second-order valence-corrected chi connectivity index (χ2v) is 1.86. The molecule has 0 amide bonds. The van der Waals surface area contributed by atoms with E-state index in [9.17, 15) is 0 Å². The van der Waals surface area contributed by atoms with E-state index in [-0.39, 0.29) is 0 Å². The fraction of sp³-hybridized carbons (Fsp3) is 0.286. The minimum atomic E-state index is 0.645. The zero-order valence-electron chi connectivity index (χ0n) is 5.31. The number of nitrogens with zero attached hydrogens (tertiary/aromatic N) is 1. The van der Waals surface area contributed by atoms with Gasteiger partial charge in [-0.1, -0.05) is 6.92 Å². The quantitative estimate of drug-likeness (QED) is 0.598. The molecule has 2 nitrogen and oxygen atoms in total. The molecule has 9 heavy (non-hydrogen) atoms. The summed E-state index contributed by atoms with van der Waals surface area (Å²) in [6, 6.07) is 5.75. The summed E-state index contributed by atoms with van der Waals surface area (Å²) < 4.78 is 0. The van der Waals surface area contributed by atoms with Gasteiger partial charge in [0, 0.05) is 5.69 Å². The number of aryl methyl sites for hydroxylation is 1. The molecular weight excluding hydrogens is 112 g/mol. The van der Waals surface area contributed by atoms with Gasteiger partial charge in [0.2, 0.25) is 0 Å². The first kappa shape index (κ1) is 5.90. The largest absolute Gasteiger partial charge is 0.350 e. The topological polar surface area (TPSA) is 39.6 Å². The molecule has 0 aliphatic carbocycles. The van der Waals surface area contributed by atoms with E-state index in [4.69, 9.17) is 5.26 Å². The zero-order valence-corrected chi connectivity index (χ0v) is 5.31. The minimum absolute atomic E-state index is 0.645. The highest BCUT2D eigenvalue weighted by atomic mass is 14.7. The minimum Gasteiger partial charge on any atom is -0.350 e. The van der Waals surface area contributed by atoms with Crippen molar-refractivity contribution in [3.8, 4) is 6.07 Å². The molecule has 0 fully saturated rings. The van der Waals surface area contributed by atoms with Gasteiger partial charge in [-0.2, -0.15) is 5.26 Å². The highest BCUT2D eigenvalue weighted by Crippen LogP contribution is 1.99. The molecular formula is C7H8N2. The molecule has 1 aromatic rings. The number of rotatable bonds is 1. The molecule has 0 saturated heterocycles. The van der Waals surface area contributed by atoms with Crippen molar-refractivity contribution in [2.24, 2.45) is 0 Å². The smallest absolute Gasteiger partial charge is 0.117 e. The summed E-state index contributed by atoms with van der Waals surface area (Å²) in [5, 5.41) is 8.37. The average Bonchev–Trinajstić information content (AvgIpc) is 2.34. The first-order valence-corrected chi connectivity index (χ1v) is 2.94. The maximum Gasteiger partial charge on any atom is 0.117 e. The van der Waals surface area contributed by atoms with Gasteiger partial charge in [0.1, 0.15) is 11.8 Å². The van der Waals surface area contributed by atoms with Crippen LogP contribution in [-0.4, -0.2) is 4.98 Å². The molecule has 0 radical (unpaired) electrons. The lowest BCUT2D eigenvalue weighted by Gasteiger charge is -1.83. The summed E-state index contributed by atoms with van der Waals surface area (Å²) in [7, 11) is 0. The van der Waals surface area contributed by atoms with E-state index in [1.54, 1.807) is 6.07 Å². The Morgan fingerprint density at radius 3 is 2.78 bits per heavy atom. The molecule has 1 N–H and O–H groups in total. The van der Waals surface area contributed by atoms with Gasteiger partial charge in [-0.15, -0.1) is 0 Å². The molecule has 0 saturated carbocycles. The fourth-order valence-corrected chi connectivity index (χ4v) is 0.712. The van der Waals surface area contributed by atoms with Crippen molar-refractivity contribution in [3.05, 3.63) is 23.5 Å². The lowest BCUT2D eigenvalue weighted by Crippen LogP contribution is -1.77. The highest BCUT2D eigenvalue weighted by molar-refractivity contribution is 5.23. The standard InChI is InChI=1S/C7H8N2/c1-2-6-3-4-7(5-8)9-6/h3-4,9H,2H2,1H3. The molecule has 0 atom stereocenters. The summed E-state index contributed by atoms with van der Waals surface area (Å²) in [5.74, 6) is 0. The normalized spacial score (nSPS) is 8.89. The summed E-state index contributed by atoms with van der Waals surface area (Å²) in [6.07, 6.45) is 0.960. The number of hydrogen-bond donors (Lipinski definition) is 1. The lowest BCUT2D eigenvalue weighted by atomic mass is 10.3. The van der Waals surface area contributed by atoms with Crippen molar-refractivity contribution >= 4 is 0 Å². The summed E-state index contributed by atoms with van der Waals surface area (Å²) >= 11 is 0. The Hall–Kier alpha value is -1.23. The van der Waals surface area contributed by atoms with Gasteiger partial charge in [-0.3, -0.25) is 0 Å². The van der Waals surface area contributed by atoms with Gasteiger partial charge in [-0.05, 0) is 18.6 Å². The van der Waals surface area contributed by atoms with Crippen LogP contribution in [0.2, 0.25) is 0 Å². The van der Waals surface area contributed by atoms with Crippen molar-refractivity contribution < 1.29 is 0 Å². The number of nitrogens with one attached hydrogen (secondary N) is 1. The van der Waals surface area contributed by atoms with Crippen LogP contribution in [0.3, 0.4) is 0 Å². The molecule has 0 unspecified atom stereocenters. The van der Waals surface area contributed by atoms with E-state index < -0.39 is 0 Å². The monoisotopic (exact) mass is 120 g/mol. The summed E-state index contributed by atoms with van der Waals surface area (Å²) in [6.45, 7) is 2.05. The van der Waals surface area contributed by atoms with E-state index in [1.165, 1.54) is 0 Å². The highest BCUT2D eigenvalue weighted by Gasteiger charge is 1.91. The van der Waals surface area contributed by atoms with Crippen LogP contribution in [0.4, 0.5) is 0 Å². The summed E-state index contributed by atoms with van der Waals surface area (Å²) in [4.78, 5) is 2.95. The number of aromatic nitrogens is 1. The Balaban J connectivity index is 2.90. The first-order valence-electron chi connectivity index (χ1n) is 2.94. The van der Waals surface area contributed by atoms with Crippen molar-refractivity contribution in [1.29, 1.82) is 5.26 Å². The van der Waals surface area contributed by atoms with Gasteiger partial charge in [0.05, 0.1) is 0 Å². The van der Waals surface area contributed by atoms with E-state index in [2.05, 4.69) is 4.98 Å². The molecule has 1 heterocycles. The number of aromatic amines is 1. The third kappa shape index (κ3) is 1.11. The Bertz CT molecular complexity index is 229. The van der Waals surface area contributed by atoms with Crippen molar-refractivity contribution in [1.82, 2.24) is 4.98 Å². The van der Waals surface area contributed by atoms with Crippen LogP contribution >= 0.6 is 0 Å². The third-order valence-corrected chi connectivity index (χ3v) is 1.25. The Morgan fingerprint density at radius 2 is 2.44 bits per heavy atom. The maximum absolute atomic E-state index is 8.37. The zero-order chi connectivity index (χ0) is 6.69. The van der Waals surface area contributed by atoms with Gasteiger partial charge >= 0.3 is 0 Å². The SMILES string of the molecule is CCc1ccc(C#N)[nH]1. The van der Waals surface area contributed by atoms with E-state index >= 15 is 0 Å². The number of hydrogen-bond acceptors (Lipinski definition) is 1. The maximum atomic E-state index is 8.37. The number of H-pyrrole nitrogens is 1. The van der Waals surface area contributed by atoms with Crippen molar-refractivity contribution in [2.45, 2.75) is 13.3 Å². The molecule has 0 bridgehead atoms. The second kappa shape index (κ2) is 2.36. The van der Waals surface area contributed by atoms with Crippen molar-refractivity contribution in [2.75, 3.05) is 0 Å². The predicted molar refractivity (Wildman–Crippen MR) is 34.9 cm³/mol. The fourth-order valence-electron chi connectivity index (χ4n) is 0.712. The molecule has 46 valence electrons. The Morgan fingerprint density at radius 1 is 1.67 bits per heavy atom. The van der Waals surface area contributed by atoms with Crippen LogP contribution in [0.1, 0.15) is 18.3 Å². The van der Waals surface area contributed by atoms with E-state index in [0.717, 1.165) is 12.1 Å². The van der Waals surface area contributed by atoms with Crippen LogP contribution in [0.5, 0.6) is 0 Å². The molecule has 1 rings (SSSR count). The van der Waals surface area contributed by atoms with E-state index in [1.807, 2.05) is 19.1 Å². The van der Waals surface area contributed by atoms with Crippen LogP contribution in [-0.2, 0) is 6.42 Å². The lowest BCUT2D eigenvalue weighted by molar-refractivity contribution is 1.06. The predicted octanol–water partition coefficient (Wildman–Crippen LogP) is 1.45. The number of nitriles is 1. The third-order valence-electron chi connectivity index (χ3n) is 1.25. The molecule has 0 aromatic carbocycles. The first-order chi connectivity index (χ1) is 4.36. The van der Waals surface area contributed by atoms with Gasteiger partial charge in [0.25, 0.3) is 0 Å². The van der Waals surface area contributed by atoms with Crippen molar-refractivity contribution in [3.63, 3.8) is 0 Å². The van der Waals surface area contributed by atoms with Crippen LogP contribution in [0, 0.1) is 11.3 Å². The molecule has 1 aromatic heterocycles. The van der Waals surface area contributed by atoms with Crippen LogP contribution in [0.25, 0.3) is 0 Å². The van der Waals surface area contributed by atoms with Crippen LogP contribution in [0.15, 0.2) is 12.1 Å². The van der Waals surface area contributed by atoms with Gasteiger partial charge in [0.15, 0.2) is 0 Å². The summed E-state index contributed by atoms with van der Waals surface area (Å²) in [5.41, 5.74) is 1.76. The Kier molecular flexibility index (Phi) is 1.55. The van der Waals surface area contributed by atoms with Gasteiger partial charge < -0.3 is 4.98 Å². The molecule has 0 aliphatic heterocycles. The van der Waals surface area contributed by atoms with Gasteiger partial charge in [-0.25, -0.2) is 0 Å². The Labute approximate surface area is 54.1 Å². The average molecular weight is 120 g/mol. The second-order valence-electron chi connectivity index (χ2n) is 1.86. The molecule has 0 spiro atoms. The van der Waals surface area contributed by atoms with Crippen LogP contribution < -0.4 is 0 Å². The van der Waals surface area contributed by atoms with E-state index in [0.29, 0.717) is 5.69 Å².